The average molecular weight is 424 g/mol. The zero-order valence-corrected chi connectivity index (χ0v) is 17.3. The van der Waals surface area contributed by atoms with E-state index in [2.05, 4.69) is 27.2 Å². The number of carbonyl (C=O) groups excluding carboxylic acids is 2. The highest BCUT2D eigenvalue weighted by atomic mass is 16.5. The topological polar surface area (TPSA) is 102 Å². The van der Waals surface area contributed by atoms with Gasteiger partial charge in [-0.2, -0.15) is 4.98 Å². The van der Waals surface area contributed by atoms with Gasteiger partial charge in [0.1, 0.15) is 0 Å². The highest BCUT2D eigenvalue weighted by Crippen LogP contribution is 2.18. The fraction of sp³-hybridized carbons (Fsp3) is 0.364. The molecule has 3 heterocycles. The third-order valence-electron chi connectivity index (χ3n) is 5.12. The Labute approximate surface area is 179 Å². The van der Waals surface area contributed by atoms with Crippen LogP contribution in [0, 0.1) is 0 Å². The number of furan rings is 1. The number of nitrogens with zero attached hydrogens (tertiary/aromatic N) is 4. The Kier molecular flexibility index (Phi) is 6.30. The van der Waals surface area contributed by atoms with Gasteiger partial charge in [0.05, 0.1) is 12.7 Å². The van der Waals surface area contributed by atoms with E-state index in [-0.39, 0.29) is 18.7 Å². The molecule has 1 aliphatic rings. The molecule has 3 aromatic rings. The van der Waals surface area contributed by atoms with Gasteiger partial charge in [0.2, 0.25) is 11.7 Å². The summed E-state index contributed by atoms with van der Waals surface area (Å²) < 4.78 is 15.7. The van der Waals surface area contributed by atoms with Crippen LogP contribution >= 0.6 is 0 Å². The van der Waals surface area contributed by atoms with Gasteiger partial charge in [-0.15, -0.1) is 0 Å². The maximum Gasteiger partial charge on any atom is 0.307 e. The van der Waals surface area contributed by atoms with Gasteiger partial charge >= 0.3 is 5.97 Å². The lowest BCUT2D eigenvalue weighted by molar-refractivity contribution is -0.159. The Hall–Kier alpha value is -3.62. The average Bonchev–Trinajstić information content (AvgIpc) is 3.50. The minimum Gasteiger partial charge on any atom is -0.461 e. The Morgan fingerprint density at radius 3 is 2.58 bits per heavy atom. The van der Waals surface area contributed by atoms with E-state index in [0.29, 0.717) is 30.6 Å². The number of aromatic nitrogens is 2. The van der Waals surface area contributed by atoms with E-state index in [9.17, 15) is 9.59 Å². The van der Waals surface area contributed by atoms with Crippen LogP contribution in [0.3, 0.4) is 0 Å². The Morgan fingerprint density at radius 2 is 1.87 bits per heavy atom. The van der Waals surface area contributed by atoms with Crippen molar-refractivity contribution in [3.8, 4) is 11.6 Å². The second kappa shape index (κ2) is 9.46. The number of benzene rings is 1. The number of hydrogen-bond donors (Lipinski definition) is 0. The molecule has 0 saturated carbocycles. The molecule has 0 radical (unpaired) electrons. The fourth-order valence-corrected chi connectivity index (χ4v) is 3.46. The summed E-state index contributed by atoms with van der Waals surface area (Å²) in [6, 6.07) is 13.5. The predicted octanol–water partition coefficient (Wildman–Crippen LogP) is 2.54. The number of ether oxygens (including phenoxy) is 1. The quantitative estimate of drug-likeness (QED) is 0.533. The lowest BCUT2D eigenvalue weighted by atomic mass is 10.2. The van der Waals surface area contributed by atoms with Crippen molar-refractivity contribution in [2.45, 2.75) is 25.9 Å². The van der Waals surface area contributed by atoms with E-state index in [1.54, 1.807) is 24.0 Å². The molecule has 0 aliphatic carbocycles. The molecule has 0 bridgehead atoms. The molecular weight excluding hydrogens is 400 g/mol. The van der Waals surface area contributed by atoms with Crippen molar-refractivity contribution in [1.29, 1.82) is 0 Å². The maximum absolute atomic E-state index is 12.7. The van der Waals surface area contributed by atoms with Crippen LogP contribution in [0.5, 0.6) is 0 Å². The minimum absolute atomic E-state index is 0.0409. The van der Waals surface area contributed by atoms with Gasteiger partial charge < -0.3 is 23.5 Å². The number of hydrogen-bond acceptors (Lipinski definition) is 8. The summed E-state index contributed by atoms with van der Waals surface area (Å²) in [7, 11) is 0. The first kappa shape index (κ1) is 20.6. The first-order valence-electron chi connectivity index (χ1n) is 10.2. The Morgan fingerprint density at radius 1 is 1.10 bits per heavy atom. The number of para-hydroxylation sites is 1. The molecule has 0 N–H and O–H groups in total. The summed E-state index contributed by atoms with van der Waals surface area (Å²) in [5, 5.41) is 3.82. The summed E-state index contributed by atoms with van der Waals surface area (Å²) in [5.41, 5.74) is 1.14. The van der Waals surface area contributed by atoms with Crippen LogP contribution in [0.1, 0.15) is 19.2 Å². The van der Waals surface area contributed by atoms with Crippen LogP contribution < -0.4 is 4.90 Å². The van der Waals surface area contributed by atoms with E-state index in [0.717, 1.165) is 18.8 Å². The van der Waals surface area contributed by atoms with Crippen LogP contribution in [-0.2, 0) is 20.7 Å². The summed E-state index contributed by atoms with van der Waals surface area (Å²) in [4.78, 5) is 33.0. The fourth-order valence-electron chi connectivity index (χ4n) is 3.46. The molecular formula is C22H24N4O5. The molecule has 1 fully saturated rings. The molecule has 1 aliphatic heterocycles. The monoisotopic (exact) mass is 424 g/mol. The maximum atomic E-state index is 12.7. The second-order valence-corrected chi connectivity index (χ2v) is 7.27. The Bertz CT molecular complexity index is 994. The first-order valence-corrected chi connectivity index (χ1v) is 10.2. The third kappa shape index (κ3) is 5.11. The van der Waals surface area contributed by atoms with E-state index < -0.39 is 12.1 Å². The van der Waals surface area contributed by atoms with E-state index in [1.807, 2.05) is 18.2 Å². The van der Waals surface area contributed by atoms with Crippen molar-refractivity contribution < 1.29 is 23.3 Å². The van der Waals surface area contributed by atoms with Gasteiger partial charge in [-0.1, -0.05) is 23.4 Å². The van der Waals surface area contributed by atoms with Crippen LogP contribution in [0.2, 0.25) is 0 Å². The molecule has 9 heteroatoms. The lowest BCUT2D eigenvalue weighted by Gasteiger charge is -2.37. The molecule has 1 atom stereocenters. The first-order chi connectivity index (χ1) is 15.1. The summed E-state index contributed by atoms with van der Waals surface area (Å²) >= 11 is 0. The van der Waals surface area contributed by atoms with Crippen molar-refractivity contribution >= 4 is 17.6 Å². The van der Waals surface area contributed by atoms with E-state index in [1.165, 1.54) is 6.26 Å². The van der Waals surface area contributed by atoms with Gasteiger partial charge in [0, 0.05) is 38.3 Å². The van der Waals surface area contributed by atoms with Gasteiger partial charge in [-0.05, 0) is 31.2 Å². The molecule has 1 unspecified atom stereocenters. The van der Waals surface area contributed by atoms with Gasteiger partial charge in [0.15, 0.2) is 11.9 Å². The van der Waals surface area contributed by atoms with Crippen molar-refractivity contribution in [2.24, 2.45) is 0 Å². The second-order valence-electron chi connectivity index (χ2n) is 7.27. The molecule has 2 aromatic heterocycles. The molecule has 4 rings (SSSR count). The number of aryl methyl sites for hydroxylation is 1. The molecule has 31 heavy (non-hydrogen) atoms. The van der Waals surface area contributed by atoms with Crippen molar-refractivity contribution in [3.63, 3.8) is 0 Å². The highest BCUT2D eigenvalue weighted by Gasteiger charge is 2.27. The van der Waals surface area contributed by atoms with Crippen molar-refractivity contribution in [1.82, 2.24) is 15.0 Å². The number of esters is 1. The SMILES string of the molecule is CC(OC(=O)CCc1nc(-c2ccco2)no1)C(=O)N1CCN(c2ccccc2)CC1. The van der Waals surface area contributed by atoms with Gasteiger partial charge in [0.25, 0.3) is 5.91 Å². The Balaban J connectivity index is 1.21. The summed E-state index contributed by atoms with van der Waals surface area (Å²) in [6.07, 6.45) is 0.947. The number of carbonyl (C=O) groups is 2. The number of rotatable bonds is 7. The highest BCUT2D eigenvalue weighted by molar-refractivity contribution is 5.83. The smallest absolute Gasteiger partial charge is 0.307 e. The van der Waals surface area contributed by atoms with Gasteiger partial charge in [-0.3, -0.25) is 9.59 Å². The molecule has 162 valence electrons. The normalized spacial score (nSPS) is 15.0. The van der Waals surface area contributed by atoms with Crippen LogP contribution in [-0.4, -0.2) is 59.2 Å². The summed E-state index contributed by atoms with van der Waals surface area (Å²) in [5.74, 6) is 0.454. The van der Waals surface area contributed by atoms with E-state index >= 15 is 0 Å². The standard InChI is InChI=1S/C22H24N4O5/c1-16(22(28)26-13-11-25(12-14-26)17-6-3-2-4-7-17)30-20(27)10-9-19-23-21(24-31-19)18-8-5-15-29-18/h2-8,15-16H,9-14H2,1H3. The largest absolute Gasteiger partial charge is 0.461 e. The molecule has 0 spiro atoms. The molecule has 9 nitrogen and oxygen atoms in total. The van der Waals surface area contributed by atoms with Crippen LogP contribution in [0.4, 0.5) is 5.69 Å². The molecule has 1 amide bonds. The number of anilines is 1. The number of amides is 1. The zero-order valence-electron chi connectivity index (χ0n) is 17.3. The van der Waals surface area contributed by atoms with Crippen molar-refractivity contribution in [2.75, 3.05) is 31.1 Å². The van der Waals surface area contributed by atoms with Gasteiger partial charge in [-0.25, -0.2) is 0 Å². The van der Waals surface area contributed by atoms with E-state index in [4.69, 9.17) is 13.7 Å². The summed E-state index contributed by atoms with van der Waals surface area (Å²) in [6.45, 7) is 4.27. The predicted molar refractivity (Wildman–Crippen MR) is 111 cm³/mol. The molecule has 1 aromatic carbocycles. The minimum atomic E-state index is -0.836. The molecule has 1 saturated heterocycles. The van der Waals surface area contributed by atoms with Crippen LogP contribution in [0.15, 0.2) is 57.7 Å². The number of piperazine rings is 1. The third-order valence-corrected chi connectivity index (χ3v) is 5.12. The van der Waals surface area contributed by atoms with Crippen LogP contribution in [0.25, 0.3) is 11.6 Å². The lowest BCUT2D eigenvalue weighted by Crippen LogP contribution is -2.51. The zero-order chi connectivity index (χ0) is 21.6. The van der Waals surface area contributed by atoms with Crippen molar-refractivity contribution in [3.05, 3.63) is 54.6 Å².